The van der Waals surface area contributed by atoms with Gasteiger partial charge >= 0.3 is 0 Å². The molecular formula is C22H28FN3O3S. The molecule has 8 heteroatoms. The molecule has 0 aliphatic carbocycles. The number of amides is 1. The summed E-state index contributed by atoms with van der Waals surface area (Å²) in [7, 11) is -3.54. The first-order chi connectivity index (χ1) is 14.3. The lowest BCUT2D eigenvalue weighted by Gasteiger charge is -2.32. The summed E-state index contributed by atoms with van der Waals surface area (Å²) >= 11 is 0. The van der Waals surface area contributed by atoms with E-state index in [0.717, 1.165) is 24.9 Å². The summed E-state index contributed by atoms with van der Waals surface area (Å²) in [5.41, 5.74) is 1.46. The first-order valence-corrected chi connectivity index (χ1v) is 11.6. The van der Waals surface area contributed by atoms with E-state index in [9.17, 15) is 17.6 Å². The summed E-state index contributed by atoms with van der Waals surface area (Å²) in [6.45, 7) is 4.04. The maximum absolute atomic E-state index is 13.7. The quantitative estimate of drug-likeness (QED) is 0.670. The number of carbonyl (C=O) groups excluding carboxylic acids is 1. The number of aryl methyl sites for hydroxylation is 1. The van der Waals surface area contributed by atoms with Crippen LogP contribution < -0.4 is 10.0 Å². The lowest BCUT2D eigenvalue weighted by atomic mass is 9.98. The number of carbonyl (C=O) groups is 1. The lowest BCUT2D eigenvalue weighted by molar-refractivity contribution is -0.122. The molecule has 1 fully saturated rings. The van der Waals surface area contributed by atoms with Crippen molar-refractivity contribution in [2.75, 3.05) is 26.2 Å². The van der Waals surface area contributed by atoms with Gasteiger partial charge < -0.3 is 5.32 Å². The zero-order valence-corrected chi connectivity index (χ0v) is 17.9. The van der Waals surface area contributed by atoms with Gasteiger partial charge in [-0.05, 0) is 50.4 Å². The number of piperidine rings is 1. The fourth-order valence-corrected chi connectivity index (χ4v) is 4.70. The molecule has 6 nitrogen and oxygen atoms in total. The van der Waals surface area contributed by atoms with Crippen LogP contribution in [-0.2, 0) is 21.4 Å². The minimum atomic E-state index is -3.54. The normalized spacial score (nSPS) is 17.6. The molecule has 30 heavy (non-hydrogen) atoms. The minimum Gasteiger partial charge on any atom is -0.351 e. The van der Waals surface area contributed by atoms with E-state index in [4.69, 9.17) is 0 Å². The molecule has 1 saturated heterocycles. The Balaban J connectivity index is 1.46. The van der Waals surface area contributed by atoms with Crippen LogP contribution in [0.25, 0.3) is 0 Å². The number of rotatable bonds is 8. The van der Waals surface area contributed by atoms with Gasteiger partial charge in [0.1, 0.15) is 5.82 Å². The van der Waals surface area contributed by atoms with Crippen molar-refractivity contribution in [2.45, 2.75) is 31.2 Å². The molecule has 1 aliphatic rings. The van der Waals surface area contributed by atoms with Crippen LogP contribution in [0.15, 0.2) is 53.4 Å². The maximum atomic E-state index is 13.7. The molecule has 1 aliphatic heterocycles. The van der Waals surface area contributed by atoms with Crippen LogP contribution in [0.2, 0.25) is 0 Å². The number of hydrogen-bond donors (Lipinski definition) is 2. The summed E-state index contributed by atoms with van der Waals surface area (Å²) in [5.74, 6) is -0.367. The van der Waals surface area contributed by atoms with Crippen molar-refractivity contribution in [3.8, 4) is 0 Å². The molecule has 1 heterocycles. The molecule has 2 aromatic carbocycles. The molecule has 0 bridgehead atoms. The number of hydrogen-bond acceptors (Lipinski definition) is 4. The van der Waals surface area contributed by atoms with Gasteiger partial charge in [0.25, 0.3) is 0 Å². The van der Waals surface area contributed by atoms with Crippen LogP contribution >= 0.6 is 0 Å². The monoisotopic (exact) mass is 433 g/mol. The number of sulfonamides is 1. The van der Waals surface area contributed by atoms with Gasteiger partial charge in [-0.25, -0.2) is 17.5 Å². The third kappa shape index (κ3) is 6.35. The topological polar surface area (TPSA) is 78.5 Å². The molecule has 3 rings (SSSR count). The lowest BCUT2D eigenvalue weighted by Crippen LogP contribution is -2.45. The zero-order chi connectivity index (χ0) is 21.6. The number of nitrogens with one attached hydrogen (secondary N) is 2. The van der Waals surface area contributed by atoms with Gasteiger partial charge in [-0.2, -0.15) is 0 Å². The van der Waals surface area contributed by atoms with E-state index in [1.54, 1.807) is 42.5 Å². The Morgan fingerprint density at radius 2 is 1.90 bits per heavy atom. The van der Waals surface area contributed by atoms with Crippen LogP contribution in [0.5, 0.6) is 0 Å². The Morgan fingerprint density at radius 3 is 2.63 bits per heavy atom. The average molecular weight is 434 g/mol. The van der Waals surface area contributed by atoms with Crippen molar-refractivity contribution < 1.29 is 17.6 Å². The van der Waals surface area contributed by atoms with Crippen molar-refractivity contribution in [3.05, 3.63) is 65.5 Å². The van der Waals surface area contributed by atoms with Crippen molar-refractivity contribution >= 4 is 15.9 Å². The third-order valence-corrected chi connectivity index (χ3v) is 6.74. The molecule has 0 saturated carbocycles. The van der Waals surface area contributed by atoms with Gasteiger partial charge in [0.05, 0.1) is 11.4 Å². The zero-order valence-electron chi connectivity index (χ0n) is 17.1. The van der Waals surface area contributed by atoms with Crippen molar-refractivity contribution in [1.82, 2.24) is 14.9 Å². The summed E-state index contributed by atoms with van der Waals surface area (Å²) in [5, 5.41) is 2.75. The highest BCUT2D eigenvalue weighted by atomic mass is 32.2. The van der Waals surface area contributed by atoms with Gasteiger partial charge in [0.2, 0.25) is 15.9 Å². The van der Waals surface area contributed by atoms with Crippen molar-refractivity contribution in [3.63, 3.8) is 0 Å². The summed E-state index contributed by atoms with van der Waals surface area (Å²) in [6, 6.07) is 13.1. The van der Waals surface area contributed by atoms with Gasteiger partial charge in [-0.1, -0.05) is 35.9 Å². The highest BCUT2D eigenvalue weighted by Crippen LogP contribution is 2.17. The molecular weight excluding hydrogens is 405 g/mol. The molecule has 0 radical (unpaired) electrons. The predicted octanol–water partition coefficient (Wildman–Crippen LogP) is 2.44. The molecule has 0 aromatic heterocycles. The SMILES string of the molecule is Cc1ccc(S(=O)(=O)NCC2CCCN(CC(=O)NCc3ccccc3F)C2)cc1. The van der Waals surface area contributed by atoms with Crippen LogP contribution in [0.1, 0.15) is 24.0 Å². The number of nitrogens with zero attached hydrogens (tertiary/aromatic N) is 1. The average Bonchev–Trinajstić information content (AvgIpc) is 2.72. The van der Waals surface area contributed by atoms with Crippen molar-refractivity contribution in [1.29, 1.82) is 0 Å². The predicted molar refractivity (Wildman–Crippen MR) is 114 cm³/mol. The standard InChI is InChI=1S/C22H28FN3O3S/c1-17-8-10-20(11-9-17)30(28,29)25-13-18-5-4-12-26(15-18)16-22(27)24-14-19-6-2-3-7-21(19)23/h2-3,6-11,18,25H,4-5,12-16H2,1H3,(H,24,27). The molecule has 1 amide bonds. The molecule has 0 spiro atoms. The highest BCUT2D eigenvalue weighted by Gasteiger charge is 2.23. The van der Waals surface area contributed by atoms with Crippen LogP contribution in [0.4, 0.5) is 4.39 Å². The van der Waals surface area contributed by atoms with Gasteiger partial charge in [0, 0.05) is 25.2 Å². The number of halogens is 1. The fraction of sp³-hybridized carbons (Fsp3) is 0.409. The number of likely N-dealkylation sites (tertiary alicyclic amines) is 1. The third-order valence-electron chi connectivity index (χ3n) is 5.30. The first-order valence-electron chi connectivity index (χ1n) is 10.1. The molecule has 2 N–H and O–H groups in total. The van der Waals surface area contributed by atoms with E-state index in [1.165, 1.54) is 6.07 Å². The van der Waals surface area contributed by atoms with E-state index in [-0.39, 0.29) is 35.6 Å². The molecule has 1 atom stereocenters. The fourth-order valence-electron chi connectivity index (χ4n) is 3.58. The van der Waals surface area contributed by atoms with E-state index >= 15 is 0 Å². The summed E-state index contributed by atoms with van der Waals surface area (Å²) in [4.78, 5) is 14.5. The molecule has 1 unspecified atom stereocenters. The van der Waals surface area contributed by atoms with Crippen molar-refractivity contribution in [2.24, 2.45) is 5.92 Å². The highest BCUT2D eigenvalue weighted by molar-refractivity contribution is 7.89. The Hall–Kier alpha value is -2.29. The van der Waals surface area contributed by atoms with Crippen LogP contribution in [0.3, 0.4) is 0 Å². The molecule has 162 valence electrons. The minimum absolute atomic E-state index is 0.137. The summed E-state index contributed by atoms with van der Waals surface area (Å²) < 4.78 is 41.3. The van der Waals surface area contributed by atoms with E-state index in [1.807, 2.05) is 11.8 Å². The van der Waals surface area contributed by atoms with Crippen LogP contribution in [-0.4, -0.2) is 45.4 Å². The Labute approximate surface area is 177 Å². The maximum Gasteiger partial charge on any atom is 0.240 e. The molecule has 2 aromatic rings. The Bertz CT molecular complexity index is 964. The van der Waals surface area contributed by atoms with Crippen LogP contribution in [0, 0.1) is 18.7 Å². The second-order valence-electron chi connectivity index (χ2n) is 7.78. The van der Waals surface area contributed by atoms with E-state index in [0.29, 0.717) is 18.7 Å². The van der Waals surface area contributed by atoms with Gasteiger partial charge in [-0.3, -0.25) is 9.69 Å². The first kappa shape index (κ1) is 22.4. The second-order valence-corrected chi connectivity index (χ2v) is 9.54. The number of benzene rings is 2. The smallest absolute Gasteiger partial charge is 0.240 e. The Kier molecular flexibility index (Phi) is 7.58. The van der Waals surface area contributed by atoms with E-state index in [2.05, 4.69) is 10.0 Å². The second kappa shape index (κ2) is 10.1. The Morgan fingerprint density at radius 1 is 1.17 bits per heavy atom. The summed E-state index contributed by atoms with van der Waals surface area (Å²) in [6.07, 6.45) is 1.81. The van der Waals surface area contributed by atoms with Gasteiger partial charge in [0.15, 0.2) is 0 Å². The largest absolute Gasteiger partial charge is 0.351 e. The van der Waals surface area contributed by atoms with E-state index < -0.39 is 10.0 Å². The van der Waals surface area contributed by atoms with Gasteiger partial charge in [-0.15, -0.1) is 0 Å².